The first-order valence-electron chi connectivity index (χ1n) is 11.2. The molecule has 0 spiro atoms. The fraction of sp³-hybridized carbons (Fsp3) is 0.400. The van der Waals surface area contributed by atoms with Crippen LogP contribution in [0.4, 0.5) is 8.78 Å². The third-order valence-corrected chi connectivity index (χ3v) is 6.98. The summed E-state index contributed by atoms with van der Waals surface area (Å²) in [6, 6.07) is 7.71. The van der Waals surface area contributed by atoms with E-state index in [4.69, 9.17) is 10.5 Å². The minimum absolute atomic E-state index is 0.0339. The first-order valence-corrected chi connectivity index (χ1v) is 11.2. The quantitative estimate of drug-likeness (QED) is 0.515. The molecule has 0 radical (unpaired) electrons. The second-order valence-corrected chi connectivity index (χ2v) is 8.99. The van der Waals surface area contributed by atoms with Crippen molar-refractivity contribution in [3.63, 3.8) is 0 Å². The Kier molecular flexibility index (Phi) is 5.59. The minimum atomic E-state index is -0.576. The van der Waals surface area contributed by atoms with Gasteiger partial charge in [0, 0.05) is 40.3 Å². The summed E-state index contributed by atoms with van der Waals surface area (Å²) >= 11 is 0. The number of H-pyrrole nitrogens is 1. The molecule has 168 valence electrons. The van der Waals surface area contributed by atoms with Gasteiger partial charge in [-0.05, 0) is 73.9 Å². The molecule has 2 unspecified atom stereocenters. The zero-order valence-electron chi connectivity index (χ0n) is 17.8. The molecule has 7 heteroatoms. The lowest BCUT2D eigenvalue weighted by Gasteiger charge is -2.38. The summed E-state index contributed by atoms with van der Waals surface area (Å²) in [4.78, 5) is 15.1. The van der Waals surface area contributed by atoms with Crippen molar-refractivity contribution in [2.75, 3.05) is 6.61 Å². The van der Waals surface area contributed by atoms with Gasteiger partial charge in [-0.15, -0.1) is 0 Å². The number of carbonyl (C=O) groups excluding carboxylic acids is 1. The van der Waals surface area contributed by atoms with Crippen LogP contribution in [0, 0.1) is 17.6 Å². The van der Waals surface area contributed by atoms with Gasteiger partial charge in [0.2, 0.25) is 5.91 Å². The van der Waals surface area contributed by atoms with Gasteiger partial charge in [-0.3, -0.25) is 4.79 Å². The molecule has 2 atom stereocenters. The smallest absolute Gasteiger partial charge is 0.249 e. The van der Waals surface area contributed by atoms with Gasteiger partial charge >= 0.3 is 0 Å². The van der Waals surface area contributed by atoms with Gasteiger partial charge in [0.1, 0.15) is 12.4 Å². The number of rotatable bonds is 7. The molecular formula is C25H27F2N3O2. The number of aryl methyl sites for hydroxylation is 1. The molecule has 2 aromatic carbocycles. The molecule has 2 aliphatic rings. The van der Waals surface area contributed by atoms with Crippen LogP contribution in [0.15, 0.2) is 36.5 Å². The van der Waals surface area contributed by atoms with Crippen molar-refractivity contribution in [2.24, 2.45) is 11.7 Å². The number of aromatic amines is 1. The molecule has 1 saturated carbocycles. The highest BCUT2D eigenvalue weighted by atomic mass is 19.1. The van der Waals surface area contributed by atoms with E-state index >= 15 is 0 Å². The highest BCUT2D eigenvalue weighted by Crippen LogP contribution is 2.35. The van der Waals surface area contributed by atoms with Gasteiger partial charge in [-0.1, -0.05) is 6.42 Å². The van der Waals surface area contributed by atoms with E-state index in [-0.39, 0.29) is 23.7 Å². The van der Waals surface area contributed by atoms with Crippen LogP contribution in [0.2, 0.25) is 0 Å². The Bertz CT molecular complexity index is 1160. The van der Waals surface area contributed by atoms with E-state index in [0.29, 0.717) is 30.1 Å². The first kappa shape index (κ1) is 20.9. The standard InChI is InChI=1S/C25H27F2N3O2/c26-16-5-9-23-19(10-16)15(12-29-23)4-8-22(14-2-1-3-14)30-17-11-20-18(25(28)31)6-7-21(27)24(20)32-13-17/h5-7,9-10,12,14,17,22,29-30H,1-4,8,11,13H2,(H2,28,31). The van der Waals surface area contributed by atoms with E-state index in [1.165, 1.54) is 37.5 Å². The number of halogens is 2. The molecule has 1 fully saturated rings. The summed E-state index contributed by atoms with van der Waals surface area (Å²) in [5, 5.41) is 4.65. The number of primary amides is 1. The lowest BCUT2D eigenvalue weighted by atomic mass is 9.77. The topological polar surface area (TPSA) is 80.1 Å². The summed E-state index contributed by atoms with van der Waals surface area (Å²) in [6.45, 7) is 0.341. The van der Waals surface area contributed by atoms with E-state index in [2.05, 4.69) is 10.3 Å². The van der Waals surface area contributed by atoms with Crippen molar-refractivity contribution >= 4 is 16.8 Å². The summed E-state index contributed by atoms with van der Waals surface area (Å²) in [5.74, 6) is -0.567. The van der Waals surface area contributed by atoms with Crippen molar-refractivity contribution < 1.29 is 18.3 Å². The predicted molar refractivity (Wildman–Crippen MR) is 119 cm³/mol. The van der Waals surface area contributed by atoms with Crippen molar-refractivity contribution in [3.8, 4) is 5.75 Å². The van der Waals surface area contributed by atoms with Gasteiger partial charge in [0.25, 0.3) is 0 Å². The van der Waals surface area contributed by atoms with Crippen LogP contribution in [-0.2, 0) is 12.8 Å². The van der Waals surface area contributed by atoms with Gasteiger partial charge in [-0.2, -0.15) is 0 Å². The van der Waals surface area contributed by atoms with Crippen LogP contribution in [0.1, 0.15) is 47.2 Å². The number of benzene rings is 2. The van der Waals surface area contributed by atoms with Crippen LogP contribution < -0.4 is 15.8 Å². The zero-order chi connectivity index (χ0) is 22.2. The lowest BCUT2D eigenvalue weighted by molar-refractivity contribution is 0.0996. The molecular weight excluding hydrogens is 412 g/mol. The van der Waals surface area contributed by atoms with Crippen molar-refractivity contribution in [1.82, 2.24) is 10.3 Å². The van der Waals surface area contributed by atoms with Crippen LogP contribution in [0.5, 0.6) is 5.75 Å². The first-order chi connectivity index (χ1) is 15.5. The highest BCUT2D eigenvalue weighted by Gasteiger charge is 2.32. The third kappa shape index (κ3) is 3.97. The largest absolute Gasteiger partial charge is 0.489 e. The number of amides is 1. The SMILES string of the molecule is NC(=O)c1ccc(F)c2c1CC(NC(CCc1c[nH]c3ccc(F)cc13)C1CCC1)CO2. The zero-order valence-corrected chi connectivity index (χ0v) is 17.8. The van der Waals surface area contributed by atoms with Gasteiger partial charge in [0.15, 0.2) is 11.6 Å². The second-order valence-electron chi connectivity index (χ2n) is 8.99. The average molecular weight is 440 g/mol. The number of ether oxygens (including phenoxy) is 1. The van der Waals surface area contributed by atoms with E-state index in [0.717, 1.165) is 29.3 Å². The fourth-order valence-electron chi connectivity index (χ4n) is 5.05. The summed E-state index contributed by atoms with van der Waals surface area (Å²) < 4.78 is 33.7. The highest BCUT2D eigenvalue weighted by molar-refractivity contribution is 5.95. The minimum Gasteiger partial charge on any atom is -0.489 e. The number of carbonyl (C=O) groups is 1. The Balaban J connectivity index is 1.31. The Morgan fingerprint density at radius 1 is 1.25 bits per heavy atom. The fourth-order valence-corrected chi connectivity index (χ4v) is 5.05. The third-order valence-electron chi connectivity index (χ3n) is 6.98. The molecule has 2 heterocycles. The maximum atomic E-state index is 14.2. The molecule has 0 saturated heterocycles. The van der Waals surface area contributed by atoms with Crippen LogP contribution in [0.25, 0.3) is 10.9 Å². The monoisotopic (exact) mass is 439 g/mol. The van der Waals surface area contributed by atoms with Crippen molar-refractivity contribution in [3.05, 3.63) is 64.9 Å². The maximum absolute atomic E-state index is 14.2. The van der Waals surface area contributed by atoms with E-state index in [1.54, 1.807) is 12.1 Å². The van der Waals surface area contributed by atoms with E-state index < -0.39 is 11.7 Å². The number of aromatic nitrogens is 1. The van der Waals surface area contributed by atoms with E-state index in [9.17, 15) is 13.6 Å². The molecule has 0 bridgehead atoms. The van der Waals surface area contributed by atoms with Crippen LogP contribution in [-0.4, -0.2) is 29.6 Å². The number of fused-ring (bicyclic) bond motifs is 2. The number of nitrogens with one attached hydrogen (secondary N) is 2. The number of nitrogens with two attached hydrogens (primary N) is 1. The average Bonchev–Trinajstić information content (AvgIpc) is 3.12. The number of hydrogen-bond donors (Lipinski definition) is 3. The molecule has 1 amide bonds. The molecule has 5 rings (SSSR count). The summed E-state index contributed by atoms with van der Waals surface area (Å²) in [5.41, 5.74) is 8.40. The van der Waals surface area contributed by atoms with Gasteiger partial charge in [-0.25, -0.2) is 8.78 Å². The molecule has 1 aliphatic carbocycles. The maximum Gasteiger partial charge on any atom is 0.249 e. The molecule has 32 heavy (non-hydrogen) atoms. The van der Waals surface area contributed by atoms with Crippen LogP contribution in [0.3, 0.4) is 0 Å². The normalized spacial score (nSPS) is 19.2. The van der Waals surface area contributed by atoms with Crippen LogP contribution >= 0.6 is 0 Å². The molecule has 1 aliphatic heterocycles. The van der Waals surface area contributed by atoms with E-state index in [1.807, 2.05) is 6.20 Å². The summed E-state index contributed by atoms with van der Waals surface area (Å²) in [6.07, 6.45) is 7.75. The Labute approximate surface area is 185 Å². The number of hydrogen-bond acceptors (Lipinski definition) is 3. The van der Waals surface area contributed by atoms with Crippen molar-refractivity contribution in [2.45, 2.75) is 50.6 Å². The Morgan fingerprint density at radius 3 is 2.84 bits per heavy atom. The van der Waals surface area contributed by atoms with Crippen molar-refractivity contribution in [1.29, 1.82) is 0 Å². The Hall–Kier alpha value is -2.93. The molecule has 1 aromatic heterocycles. The Morgan fingerprint density at radius 2 is 2.09 bits per heavy atom. The molecule has 3 aromatic rings. The second kappa shape index (κ2) is 8.54. The van der Waals surface area contributed by atoms with Gasteiger partial charge < -0.3 is 20.8 Å². The summed E-state index contributed by atoms with van der Waals surface area (Å²) in [7, 11) is 0. The lowest BCUT2D eigenvalue weighted by Crippen LogP contribution is -2.49. The predicted octanol–water partition coefficient (Wildman–Crippen LogP) is 4.24. The molecule has 5 nitrogen and oxygen atoms in total. The molecule has 4 N–H and O–H groups in total. The van der Waals surface area contributed by atoms with Gasteiger partial charge in [0.05, 0.1) is 0 Å².